The average Bonchev–Trinajstić information content (AvgIpc) is 4.04. The van der Waals surface area contributed by atoms with E-state index >= 15 is 0 Å². The molecule has 0 radical (unpaired) electrons. The van der Waals surface area contributed by atoms with Crippen molar-refractivity contribution in [2.24, 2.45) is 0 Å². The van der Waals surface area contributed by atoms with Crippen molar-refractivity contribution in [1.82, 2.24) is 0 Å². The third kappa shape index (κ3) is 11.5. The lowest BCUT2D eigenvalue weighted by atomic mass is 10.1. The van der Waals surface area contributed by atoms with Gasteiger partial charge in [-0.2, -0.15) is 26.0 Å². The number of thioether (sulfide) groups is 2. The number of aromatic nitrogens is 2. The van der Waals surface area contributed by atoms with Gasteiger partial charge in [-0.25, -0.2) is 0 Å². The highest BCUT2D eigenvalue weighted by Gasteiger charge is 2.30. The Kier molecular flexibility index (Phi) is 16.1. The van der Waals surface area contributed by atoms with E-state index in [4.69, 9.17) is 9.47 Å². The van der Waals surface area contributed by atoms with E-state index in [9.17, 15) is 25.9 Å². The smallest absolute Gasteiger partial charge is 0.265 e. The summed E-state index contributed by atoms with van der Waals surface area (Å²) in [4.78, 5) is 6.85. The van der Waals surface area contributed by atoms with Crippen LogP contribution < -0.4 is 28.4 Å². The summed E-state index contributed by atoms with van der Waals surface area (Å²) in [5.41, 5.74) is 8.05. The molecule has 4 heterocycles. The molecule has 10 rings (SSSR count). The van der Waals surface area contributed by atoms with Crippen molar-refractivity contribution in [1.29, 1.82) is 0 Å². The van der Waals surface area contributed by atoms with Crippen LogP contribution in [0.15, 0.2) is 147 Å². The van der Waals surface area contributed by atoms with Crippen molar-refractivity contribution in [3.63, 3.8) is 0 Å². The second-order valence-electron chi connectivity index (χ2n) is 18.0. The summed E-state index contributed by atoms with van der Waals surface area (Å²) in [6, 6.07) is 39.7. The number of fused-ring (bicyclic) bond motifs is 8. The summed E-state index contributed by atoms with van der Waals surface area (Å²) in [6.07, 6.45) is 7.73. The number of hydrogen-bond donors (Lipinski definition) is 2. The van der Waals surface area contributed by atoms with E-state index in [1.54, 1.807) is 37.3 Å². The molecule has 0 saturated heterocycles. The van der Waals surface area contributed by atoms with Crippen molar-refractivity contribution in [3.8, 4) is 11.5 Å². The number of rotatable bonds is 16. The number of methoxy groups -OCH3 is 2. The first-order valence-corrected chi connectivity index (χ1v) is 30.3. The van der Waals surface area contributed by atoms with Crippen molar-refractivity contribution >= 4 is 121 Å². The molecule has 2 aliphatic heterocycles. The molecule has 2 aliphatic rings. The Hall–Kier alpha value is -5.92. The summed E-state index contributed by atoms with van der Waals surface area (Å²) in [6.45, 7) is 11.3. The van der Waals surface area contributed by atoms with Gasteiger partial charge in [0, 0.05) is 81.9 Å². The fourth-order valence-corrected chi connectivity index (χ4v) is 14.2. The molecule has 17 heteroatoms. The average molecular weight is 1090 g/mol. The molecule has 0 saturated carbocycles. The Morgan fingerprint density at radius 3 is 2.12 bits per heavy atom. The molecule has 0 fully saturated rings. The zero-order chi connectivity index (χ0) is 52.3. The second kappa shape index (κ2) is 22.5. The maximum Gasteiger partial charge on any atom is 0.265 e. The van der Waals surface area contributed by atoms with E-state index in [-0.39, 0.29) is 24.3 Å². The maximum absolute atomic E-state index is 11.6. The molecule has 2 N–H and O–H groups in total. The summed E-state index contributed by atoms with van der Waals surface area (Å²) < 4.78 is 81.9. The number of allylic oxidation sites excluding steroid dienone is 2. The van der Waals surface area contributed by atoms with Crippen LogP contribution in [0, 0.1) is 6.92 Å². The SMILES string of the molecule is CCC(=C\c1sc2cc(OC)c3ccccc3c2[n+]1CCCS(=O)(=O)O)/C=C1/Sc2ccc3ccccc3c2N1CCCS(=O)(=O)O.CCN1/C(=C\c2ccc3cc(C)ccc3[n+]2CC)Sc2ccc(OC)cc21. The molecule has 2 aromatic heterocycles. The summed E-state index contributed by atoms with van der Waals surface area (Å²) in [7, 11) is -4.86. The lowest BCUT2D eigenvalue weighted by Gasteiger charge is -2.22. The predicted molar refractivity (Wildman–Crippen MR) is 306 cm³/mol. The fraction of sp³-hybridized carbons (Fsp3) is 0.263. The quantitative estimate of drug-likeness (QED) is 0.0703. The van der Waals surface area contributed by atoms with Crippen LogP contribution in [0.25, 0.3) is 54.8 Å². The van der Waals surface area contributed by atoms with Crippen molar-refractivity contribution in [2.75, 3.05) is 48.6 Å². The van der Waals surface area contributed by atoms with E-state index in [0.29, 0.717) is 19.5 Å². The highest BCUT2D eigenvalue weighted by molar-refractivity contribution is 8.04. The van der Waals surface area contributed by atoms with Gasteiger partial charge in [-0.15, -0.1) is 0 Å². The zero-order valence-corrected chi connectivity index (χ0v) is 46.3. The van der Waals surface area contributed by atoms with Gasteiger partial charge in [-0.05, 0) is 87.0 Å². The van der Waals surface area contributed by atoms with Gasteiger partial charge in [0.1, 0.15) is 22.7 Å². The number of anilines is 2. The molecule has 12 nitrogen and oxygen atoms in total. The molecule has 74 heavy (non-hydrogen) atoms. The Bertz CT molecular complexity index is 3780. The third-order valence-electron chi connectivity index (χ3n) is 13.2. The summed E-state index contributed by atoms with van der Waals surface area (Å²) >= 11 is 5.04. The molecule has 8 aromatic rings. The Morgan fingerprint density at radius 2 is 1.41 bits per heavy atom. The van der Waals surface area contributed by atoms with Crippen LogP contribution in [0.4, 0.5) is 11.4 Å². The van der Waals surface area contributed by atoms with E-state index in [2.05, 4.69) is 132 Å². The van der Waals surface area contributed by atoms with Gasteiger partial charge in [0.15, 0.2) is 6.54 Å². The third-order valence-corrected chi connectivity index (χ3v) is 18.1. The molecule has 0 amide bonds. The van der Waals surface area contributed by atoms with Crippen LogP contribution in [-0.2, 0) is 33.3 Å². The molecule has 0 aliphatic carbocycles. The minimum atomic E-state index is -4.12. The fourth-order valence-electron chi connectivity index (χ4n) is 9.72. The van der Waals surface area contributed by atoms with Gasteiger partial charge in [0.05, 0.1) is 52.5 Å². The highest BCUT2D eigenvalue weighted by atomic mass is 32.2. The number of nitrogens with zero attached hydrogens (tertiary/aromatic N) is 4. The lowest BCUT2D eigenvalue weighted by molar-refractivity contribution is -0.669. The topological polar surface area (TPSA) is 141 Å². The van der Waals surface area contributed by atoms with Crippen LogP contribution in [0.3, 0.4) is 0 Å². The first kappa shape index (κ1) is 52.9. The van der Waals surface area contributed by atoms with Crippen LogP contribution in [0.2, 0.25) is 0 Å². The van der Waals surface area contributed by atoms with E-state index in [0.717, 1.165) is 82.5 Å². The Morgan fingerprint density at radius 1 is 0.703 bits per heavy atom. The molecular weight excluding hydrogens is 1030 g/mol. The van der Waals surface area contributed by atoms with Gasteiger partial charge >= 0.3 is 0 Å². The molecule has 384 valence electrons. The van der Waals surface area contributed by atoms with Gasteiger partial charge in [-0.1, -0.05) is 102 Å². The molecule has 0 bridgehead atoms. The molecule has 0 spiro atoms. The van der Waals surface area contributed by atoms with Crippen LogP contribution in [0.5, 0.6) is 11.5 Å². The number of pyridine rings is 1. The summed E-state index contributed by atoms with van der Waals surface area (Å²) in [5.74, 6) is 0.973. The monoisotopic (exact) mass is 1090 g/mol. The standard InChI is InChI=1S/C34H34N2O7S4.C23H25N2OS/c1-3-23(20-31-35(16-8-18-46(37,38)39)33-25-11-5-4-10-24(25)14-15-29(33)44-31)21-32-36(17-9-19-47(40,41)42)34-27-13-7-6-12-26(27)28(43-2)22-30(34)45-32;1-5-24-18(9-8-17-13-16(3)7-11-20(17)24)14-23-25(6-2)21-15-19(26-4)10-12-22(21)27-23/h4-7,10-15,20-22H,3,8-9,16-19H2,1-2H3,(H-,37,38,39,40,41,42);7-15H,5-6H2,1-4H3/q;+1/p+1. The number of benzene rings is 6. The van der Waals surface area contributed by atoms with Crippen molar-refractivity contribution in [3.05, 3.63) is 153 Å². The minimum absolute atomic E-state index is 0.235. The van der Waals surface area contributed by atoms with Gasteiger partial charge in [-0.3, -0.25) is 9.11 Å². The van der Waals surface area contributed by atoms with Gasteiger partial charge in [0.25, 0.3) is 25.2 Å². The first-order chi connectivity index (χ1) is 35.6. The number of aryl methyl sites for hydroxylation is 3. The van der Waals surface area contributed by atoms with Crippen LogP contribution >= 0.6 is 34.9 Å². The zero-order valence-electron chi connectivity index (χ0n) is 42.2. The van der Waals surface area contributed by atoms with E-state index in [1.807, 2.05) is 60.3 Å². The van der Waals surface area contributed by atoms with Gasteiger partial charge in [0.2, 0.25) is 16.7 Å². The molecule has 6 aromatic carbocycles. The molecule has 0 unspecified atom stereocenters. The number of ether oxygens (including phenoxy) is 2. The minimum Gasteiger partial charge on any atom is -0.497 e. The Balaban J connectivity index is 0.000000210. The Labute approximate surface area is 446 Å². The highest BCUT2D eigenvalue weighted by Crippen LogP contribution is 2.51. The van der Waals surface area contributed by atoms with E-state index < -0.39 is 20.2 Å². The number of thiazole rings is 1. The number of hydrogen-bond acceptors (Lipinski definition) is 11. The largest absolute Gasteiger partial charge is 0.497 e. The van der Waals surface area contributed by atoms with Crippen molar-refractivity contribution < 1.29 is 44.5 Å². The summed E-state index contributed by atoms with van der Waals surface area (Å²) in [5, 5.41) is 8.50. The maximum atomic E-state index is 11.6. The van der Waals surface area contributed by atoms with Gasteiger partial charge < -0.3 is 19.3 Å². The molecular formula is C57H60N4O8S5+2. The van der Waals surface area contributed by atoms with Crippen LogP contribution in [-0.4, -0.2) is 64.8 Å². The first-order valence-electron chi connectivity index (χ1n) is 24.6. The normalized spacial score (nSPS) is 14.9. The second-order valence-corrected chi connectivity index (χ2v) is 24.3. The van der Waals surface area contributed by atoms with Crippen LogP contribution in [0.1, 0.15) is 56.3 Å². The predicted octanol–water partition coefficient (Wildman–Crippen LogP) is 12.7. The van der Waals surface area contributed by atoms with Crippen molar-refractivity contribution in [2.45, 2.75) is 69.8 Å². The lowest BCUT2D eigenvalue weighted by Crippen LogP contribution is -2.37. The van der Waals surface area contributed by atoms with E-state index in [1.165, 1.54) is 37.8 Å². The molecule has 0 atom stereocenters.